The summed E-state index contributed by atoms with van der Waals surface area (Å²) in [4.78, 5) is 38.4. The second-order valence-corrected chi connectivity index (χ2v) is 9.89. The molecule has 1 fully saturated rings. The van der Waals surface area contributed by atoms with Crippen molar-refractivity contribution in [1.82, 2.24) is 19.8 Å². The van der Waals surface area contributed by atoms with Crippen molar-refractivity contribution in [3.8, 4) is 11.3 Å². The number of aromatic nitrogens is 2. The van der Waals surface area contributed by atoms with E-state index in [-0.39, 0.29) is 37.6 Å². The van der Waals surface area contributed by atoms with E-state index in [1.165, 1.54) is 4.90 Å². The smallest absolute Gasteiger partial charge is 0.254 e. The first-order valence-electron chi connectivity index (χ1n) is 12.7. The lowest BCUT2D eigenvalue weighted by molar-refractivity contribution is -0.133. The van der Waals surface area contributed by atoms with Gasteiger partial charge in [-0.25, -0.2) is 9.97 Å². The molecule has 0 atom stereocenters. The molecule has 5 rings (SSSR count). The van der Waals surface area contributed by atoms with Gasteiger partial charge in [0.05, 0.1) is 23.5 Å². The van der Waals surface area contributed by atoms with Crippen LogP contribution in [0.15, 0.2) is 54.7 Å². The summed E-state index contributed by atoms with van der Waals surface area (Å²) in [6.07, 6.45) is 3.32. The molecule has 38 heavy (non-hydrogen) atoms. The third-order valence-electron chi connectivity index (χ3n) is 6.83. The predicted octanol–water partition coefficient (Wildman–Crippen LogP) is 3.36. The van der Waals surface area contributed by atoms with E-state index in [9.17, 15) is 14.7 Å². The lowest BCUT2D eigenvalue weighted by Gasteiger charge is -2.25. The molecule has 0 radical (unpaired) electrons. The number of nitrogens with one attached hydrogen (secondary N) is 1. The Balaban J connectivity index is 1.29. The third kappa shape index (κ3) is 5.96. The van der Waals surface area contributed by atoms with Crippen LogP contribution in [-0.4, -0.2) is 75.6 Å². The van der Waals surface area contributed by atoms with Gasteiger partial charge in [0.25, 0.3) is 5.91 Å². The largest absolute Gasteiger partial charge is 0.395 e. The topological polar surface area (TPSA) is 108 Å². The van der Waals surface area contributed by atoms with Gasteiger partial charge in [-0.15, -0.1) is 0 Å². The number of ether oxygens (including phenoxy) is 1. The molecule has 198 valence electrons. The Hall–Kier alpha value is -3.53. The van der Waals surface area contributed by atoms with Crippen molar-refractivity contribution in [2.75, 3.05) is 38.2 Å². The van der Waals surface area contributed by atoms with Gasteiger partial charge in [0.1, 0.15) is 6.54 Å². The summed E-state index contributed by atoms with van der Waals surface area (Å²) < 4.78 is 5.41. The van der Waals surface area contributed by atoms with Gasteiger partial charge in [0.2, 0.25) is 11.9 Å². The molecule has 2 N–H and O–H groups in total. The zero-order chi connectivity index (χ0) is 26.5. The fourth-order valence-electron chi connectivity index (χ4n) is 4.78. The maximum absolute atomic E-state index is 13.3. The van der Waals surface area contributed by atoms with Gasteiger partial charge in [-0.3, -0.25) is 9.59 Å². The second-order valence-electron chi connectivity index (χ2n) is 9.48. The molecule has 9 nitrogen and oxygen atoms in total. The van der Waals surface area contributed by atoms with Gasteiger partial charge in [0, 0.05) is 50.0 Å². The highest BCUT2D eigenvalue weighted by molar-refractivity contribution is 6.33. The van der Waals surface area contributed by atoms with E-state index in [1.54, 1.807) is 17.2 Å². The standard InChI is InChI=1S/C28H30ClN5O4/c29-24-15-30-28(31-22-8-12-38-13-9-22)32-26(24)20-6-7-21-17-34(27(37)23(21)14-20)18-25(36)33(10-11-35)16-19-4-2-1-3-5-19/h1-7,14-15,22,35H,8-13,16-18H2,(H,30,31,32). The number of nitrogens with zero attached hydrogens (tertiary/aromatic N) is 4. The molecule has 0 unspecified atom stereocenters. The van der Waals surface area contributed by atoms with Crippen LogP contribution in [0, 0.1) is 0 Å². The van der Waals surface area contributed by atoms with Crippen molar-refractivity contribution in [2.45, 2.75) is 32.0 Å². The highest BCUT2D eigenvalue weighted by Gasteiger charge is 2.31. The lowest BCUT2D eigenvalue weighted by atomic mass is 10.0. The van der Waals surface area contributed by atoms with Crippen LogP contribution in [0.5, 0.6) is 0 Å². The van der Waals surface area contributed by atoms with Gasteiger partial charge < -0.3 is 25.0 Å². The Morgan fingerprint density at radius 3 is 2.74 bits per heavy atom. The average Bonchev–Trinajstić information content (AvgIpc) is 3.25. The molecule has 2 amide bonds. The maximum atomic E-state index is 13.3. The number of carbonyl (C=O) groups excluding carboxylic acids is 2. The number of anilines is 1. The summed E-state index contributed by atoms with van der Waals surface area (Å²) in [6.45, 7) is 2.10. The summed E-state index contributed by atoms with van der Waals surface area (Å²) >= 11 is 6.45. The average molecular weight is 536 g/mol. The molecule has 2 aliphatic rings. The van der Waals surface area contributed by atoms with Crippen molar-refractivity contribution >= 4 is 29.4 Å². The summed E-state index contributed by atoms with van der Waals surface area (Å²) in [5.74, 6) is 0.0503. The van der Waals surface area contributed by atoms with Crippen LogP contribution in [-0.2, 0) is 22.6 Å². The summed E-state index contributed by atoms with van der Waals surface area (Å²) in [5.41, 5.74) is 3.58. The van der Waals surface area contributed by atoms with Crippen LogP contribution < -0.4 is 5.32 Å². The molecule has 10 heteroatoms. The van der Waals surface area contributed by atoms with Crippen molar-refractivity contribution in [2.24, 2.45) is 0 Å². The molecule has 2 aliphatic heterocycles. The van der Waals surface area contributed by atoms with Crippen molar-refractivity contribution in [1.29, 1.82) is 0 Å². The van der Waals surface area contributed by atoms with E-state index in [1.807, 2.05) is 42.5 Å². The van der Waals surface area contributed by atoms with Crippen molar-refractivity contribution in [3.05, 3.63) is 76.4 Å². The van der Waals surface area contributed by atoms with Crippen LogP contribution in [0.2, 0.25) is 5.02 Å². The first kappa shape index (κ1) is 26.1. The van der Waals surface area contributed by atoms with Gasteiger partial charge in [-0.2, -0.15) is 0 Å². The fourth-order valence-corrected chi connectivity index (χ4v) is 4.98. The van der Waals surface area contributed by atoms with Crippen LogP contribution in [0.4, 0.5) is 5.95 Å². The minimum atomic E-state index is -0.218. The number of rotatable bonds is 9. The van der Waals surface area contributed by atoms with Crippen LogP contribution in [0.25, 0.3) is 11.3 Å². The Labute approximate surface area is 226 Å². The number of aliphatic hydroxyl groups excluding tert-OH is 1. The molecule has 2 aromatic carbocycles. The molecule has 0 aliphatic carbocycles. The number of carbonyl (C=O) groups is 2. The number of hydrogen-bond donors (Lipinski definition) is 2. The summed E-state index contributed by atoms with van der Waals surface area (Å²) in [6, 6.07) is 15.4. The first-order chi connectivity index (χ1) is 18.5. The molecule has 3 heterocycles. The minimum absolute atomic E-state index is 0.0664. The Bertz CT molecular complexity index is 1300. The zero-order valence-corrected chi connectivity index (χ0v) is 21.7. The zero-order valence-electron chi connectivity index (χ0n) is 21.0. The van der Waals surface area contributed by atoms with Crippen LogP contribution in [0.1, 0.15) is 34.3 Å². The van der Waals surface area contributed by atoms with Crippen LogP contribution >= 0.6 is 11.6 Å². The third-order valence-corrected chi connectivity index (χ3v) is 7.10. The van der Waals surface area contributed by atoms with E-state index in [0.29, 0.717) is 54.1 Å². The molecule has 0 bridgehead atoms. The molecule has 0 spiro atoms. The van der Waals surface area contributed by atoms with E-state index in [0.717, 1.165) is 24.0 Å². The monoisotopic (exact) mass is 535 g/mol. The van der Waals surface area contributed by atoms with Gasteiger partial charge >= 0.3 is 0 Å². The molecule has 0 saturated carbocycles. The molecule has 1 saturated heterocycles. The number of benzene rings is 2. The Morgan fingerprint density at radius 1 is 1.18 bits per heavy atom. The highest BCUT2D eigenvalue weighted by atomic mass is 35.5. The van der Waals surface area contributed by atoms with Crippen molar-refractivity contribution in [3.63, 3.8) is 0 Å². The molecule has 3 aromatic rings. The Morgan fingerprint density at radius 2 is 1.97 bits per heavy atom. The van der Waals surface area contributed by atoms with E-state index < -0.39 is 0 Å². The Kier molecular flexibility index (Phi) is 8.17. The second kappa shape index (κ2) is 11.9. The predicted molar refractivity (Wildman–Crippen MR) is 144 cm³/mol. The van der Waals surface area contributed by atoms with Gasteiger partial charge in [-0.1, -0.05) is 54.1 Å². The normalized spacial score (nSPS) is 15.4. The first-order valence-corrected chi connectivity index (χ1v) is 13.1. The SMILES string of the molecule is O=C(CN1Cc2ccc(-c3nc(NC4CCOCC4)ncc3Cl)cc2C1=O)N(CCO)Cc1ccccc1. The quantitative estimate of drug-likeness (QED) is 0.432. The number of halogens is 1. The fraction of sp³-hybridized carbons (Fsp3) is 0.357. The number of aliphatic hydroxyl groups is 1. The van der Waals surface area contributed by atoms with Crippen molar-refractivity contribution < 1.29 is 19.4 Å². The number of fused-ring (bicyclic) bond motifs is 1. The molecular formula is C28H30ClN5O4. The lowest BCUT2D eigenvalue weighted by Crippen LogP contribution is -2.41. The van der Waals surface area contributed by atoms with E-state index in [4.69, 9.17) is 16.3 Å². The summed E-state index contributed by atoms with van der Waals surface area (Å²) in [5, 5.41) is 13.2. The van der Waals surface area contributed by atoms with E-state index >= 15 is 0 Å². The molecular weight excluding hydrogens is 506 g/mol. The highest BCUT2D eigenvalue weighted by Crippen LogP contribution is 2.31. The number of amides is 2. The summed E-state index contributed by atoms with van der Waals surface area (Å²) in [7, 11) is 0. The minimum Gasteiger partial charge on any atom is -0.395 e. The van der Waals surface area contributed by atoms with Gasteiger partial charge in [-0.05, 0) is 30.0 Å². The maximum Gasteiger partial charge on any atom is 0.254 e. The number of hydrogen-bond acceptors (Lipinski definition) is 7. The van der Waals surface area contributed by atoms with E-state index in [2.05, 4.69) is 15.3 Å². The molecule has 1 aromatic heterocycles. The van der Waals surface area contributed by atoms with Crippen LogP contribution in [0.3, 0.4) is 0 Å². The van der Waals surface area contributed by atoms with Gasteiger partial charge in [0.15, 0.2) is 0 Å².